The lowest BCUT2D eigenvalue weighted by molar-refractivity contribution is 0.0429. The van der Waals surface area contributed by atoms with Crippen LogP contribution in [-0.2, 0) is 11.2 Å². The van der Waals surface area contributed by atoms with Gasteiger partial charge in [0, 0.05) is 70.8 Å². The Hall–Kier alpha value is -2.40. The van der Waals surface area contributed by atoms with Crippen LogP contribution in [0.25, 0.3) is 60.9 Å². The van der Waals surface area contributed by atoms with Gasteiger partial charge in [-0.25, -0.2) is 9.18 Å². The van der Waals surface area contributed by atoms with E-state index < -0.39 is 11.8 Å². The van der Waals surface area contributed by atoms with Crippen LogP contribution < -0.4 is 0 Å². The zero-order valence-electron chi connectivity index (χ0n) is 36.2. The van der Waals surface area contributed by atoms with Gasteiger partial charge in [0.1, 0.15) is 4.88 Å². The molecule has 316 valence electrons. The summed E-state index contributed by atoms with van der Waals surface area (Å²) in [6.45, 7) is 18.2. The summed E-state index contributed by atoms with van der Waals surface area (Å²) in [6.07, 6.45) is 15.2. The van der Waals surface area contributed by atoms with Crippen LogP contribution in [0.1, 0.15) is 154 Å². The smallest absolute Gasteiger partial charge is 0.351 e. The fourth-order valence-corrected chi connectivity index (χ4v) is 16.2. The summed E-state index contributed by atoms with van der Waals surface area (Å²) in [4.78, 5) is 23.6. The Morgan fingerprint density at radius 2 is 1.31 bits per heavy atom. The Morgan fingerprint density at radius 1 is 0.661 bits per heavy atom. The van der Waals surface area contributed by atoms with Crippen LogP contribution >= 0.6 is 68.0 Å². The maximum absolute atomic E-state index is 16.3. The van der Waals surface area contributed by atoms with Gasteiger partial charge in [0.05, 0.1) is 16.2 Å². The average Bonchev–Trinajstić information content (AvgIpc) is 4.10. The summed E-state index contributed by atoms with van der Waals surface area (Å²) in [6, 6.07) is 14.3. The Morgan fingerprint density at radius 3 is 2.00 bits per heavy atom. The van der Waals surface area contributed by atoms with Crippen LogP contribution in [0.5, 0.6) is 0 Å². The third-order valence-corrected chi connectivity index (χ3v) is 19.4. The lowest BCUT2D eigenvalue weighted by Crippen LogP contribution is -2.14. The monoisotopic (exact) mass is 904 g/mol. The van der Waals surface area contributed by atoms with E-state index in [-0.39, 0.29) is 4.88 Å². The van der Waals surface area contributed by atoms with Crippen molar-refractivity contribution >= 4 is 104 Å². The number of unbranched alkanes of at least 4 members (excludes halogenated alkanes) is 3. The number of ether oxygens (including phenoxy) is 1. The van der Waals surface area contributed by atoms with Crippen LogP contribution in [0, 0.1) is 31.5 Å². The zero-order chi connectivity index (χ0) is 41.8. The molecule has 0 spiro atoms. The minimum absolute atomic E-state index is 0.103. The summed E-state index contributed by atoms with van der Waals surface area (Å²) in [5.41, 5.74) is 2.67. The van der Waals surface area contributed by atoms with E-state index in [1.54, 1.807) is 11.3 Å². The van der Waals surface area contributed by atoms with Crippen LogP contribution in [0.3, 0.4) is 0 Å². The molecule has 3 unspecified atom stereocenters. The molecule has 6 aromatic heterocycles. The molecule has 0 bridgehead atoms. The van der Waals surface area contributed by atoms with Crippen LogP contribution in [-0.4, -0.2) is 12.6 Å². The van der Waals surface area contributed by atoms with Crippen molar-refractivity contribution in [2.24, 2.45) is 11.8 Å². The number of thiophene rings is 6. The molecular weight excluding hydrogens is 844 g/mol. The number of carbonyl (C=O) groups is 1. The van der Waals surface area contributed by atoms with Crippen molar-refractivity contribution in [2.45, 2.75) is 145 Å². The first-order valence-corrected chi connectivity index (χ1v) is 27.1. The normalized spacial score (nSPS) is 13.6. The topological polar surface area (TPSA) is 26.3 Å². The molecule has 0 saturated heterocycles. The van der Waals surface area contributed by atoms with Gasteiger partial charge in [-0.05, 0) is 93.7 Å². The van der Waals surface area contributed by atoms with Crippen molar-refractivity contribution in [3.05, 3.63) is 66.6 Å². The van der Waals surface area contributed by atoms with E-state index in [1.165, 1.54) is 112 Å². The van der Waals surface area contributed by atoms with Gasteiger partial charge in [0.2, 0.25) is 0 Å². The second-order valence-corrected chi connectivity index (χ2v) is 23.3. The van der Waals surface area contributed by atoms with E-state index in [0.29, 0.717) is 29.7 Å². The average molecular weight is 905 g/mol. The molecule has 1 aromatic carbocycles. The molecule has 0 aliphatic rings. The first-order chi connectivity index (χ1) is 28.6. The van der Waals surface area contributed by atoms with E-state index in [0.717, 1.165) is 57.9 Å². The lowest BCUT2D eigenvalue weighted by atomic mass is 9.95. The van der Waals surface area contributed by atoms with Gasteiger partial charge in [-0.1, -0.05) is 99.3 Å². The Balaban J connectivity index is 1.38. The highest BCUT2D eigenvalue weighted by atomic mass is 32.1. The van der Waals surface area contributed by atoms with Gasteiger partial charge < -0.3 is 4.74 Å². The Kier molecular flexibility index (Phi) is 15.3. The maximum Gasteiger partial charge on any atom is 0.351 e. The summed E-state index contributed by atoms with van der Waals surface area (Å²) in [5.74, 6) is 0.640. The number of aryl methyl sites for hydroxylation is 2. The quantitative estimate of drug-likeness (QED) is 0.0672. The van der Waals surface area contributed by atoms with E-state index in [2.05, 4.69) is 84.9 Å². The maximum atomic E-state index is 16.3. The highest BCUT2D eigenvalue weighted by molar-refractivity contribution is 7.32. The molecule has 0 aliphatic heterocycles. The molecule has 7 rings (SSSR count). The minimum Gasteiger partial charge on any atom is -0.461 e. The summed E-state index contributed by atoms with van der Waals surface area (Å²) in [5, 5.41) is 3.19. The van der Waals surface area contributed by atoms with Crippen molar-refractivity contribution < 1.29 is 13.9 Å². The SMILES string of the molecule is CCCCC(CC)COC(=O)c1sc2c(-c3cc4c(-c5ccc(C(CC)CCCC)s5)c5sc(C)cc5c(-c5ccc(CC(CC)CCCC)s5)c4s3)sc(C)c2c1F. The molecule has 0 fully saturated rings. The number of carbonyl (C=O) groups excluding carboxylic acids is 1. The highest BCUT2D eigenvalue weighted by Gasteiger charge is 2.29. The molecule has 0 radical (unpaired) electrons. The third kappa shape index (κ3) is 9.37. The third-order valence-electron chi connectivity index (χ3n) is 12.3. The number of fused-ring (bicyclic) bond motifs is 3. The fraction of sp³-hybridized carbons (Fsp3) is 0.500. The summed E-state index contributed by atoms with van der Waals surface area (Å²) in [7, 11) is 0. The second kappa shape index (κ2) is 20.2. The summed E-state index contributed by atoms with van der Waals surface area (Å²) >= 11 is 10.6. The highest BCUT2D eigenvalue weighted by Crippen LogP contribution is 2.55. The number of benzene rings is 1. The van der Waals surface area contributed by atoms with Crippen molar-refractivity contribution in [1.82, 2.24) is 0 Å². The van der Waals surface area contributed by atoms with E-state index in [1.807, 2.05) is 52.3 Å². The molecular formula is C50H61FO2S6. The second-order valence-electron chi connectivity index (χ2n) is 16.5. The lowest BCUT2D eigenvalue weighted by Gasteiger charge is -2.14. The fourth-order valence-electron chi connectivity index (χ4n) is 8.63. The van der Waals surface area contributed by atoms with Gasteiger partial charge in [-0.3, -0.25) is 0 Å². The first kappa shape index (κ1) is 44.6. The predicted octanol–water partition coefficient (Wildman–Crippen LogP) is 19.1. The largest absolute Gasteiger partial charge is 0.461 e. The van der Waals surface area contributed by atoms with E-state index in [4.69, 9.17) is 4.74 Å². The first-order valence-electron chi connectivity index (χ1n) is 22.2. The number of rotatable bonds is 21. The van der Waals surface area contributed by atoms with Gasteiger partial charge >= 0.3 is 5.97 Å². The molecule has 2 nitrogen and oxygen atoms in total. The minimum atomic E-state index is -0.531. The van der Waals surface area contributed by atoms with Crippen molar-refractivity contribution in [3.8, 4) is 30.6 Å². The van der Waals surface area contributed by atoms with E-state index in [9.17, 15) is 4.79 Å². The molecule has 9 heteroatoms. The molecule has 0 amide bonds. The van der Waals surface area contributed by atoms with Crippen molar-refractivity contribution in [1.29, 1.82) is 0 Å². The number of hydrogen-bond acceptors (Lipinski definition) is 8. The van der Waals surface area contributed by atoms with Crippen molar-refractivity contribution in [2.75, 3.05) is 6.61 Å². The van der Waals surface area contributed by atoms with E-state index >= 15 is 4.39 Å². The standard InChI is InChI=1S/C50H61FO2S6/c1-9-15-18-31(12-4)26-34-21-22-38(56-34)42-35-25-29(7)54-45(35)43(39-24-23-37(57-39)33(14-6)20-17-11-3)36-27-40(58-46(36)42)47-48-41(30(8)55-47)44(51)49(59-48)50(52)53-28-32(13-5)19-16-10-2/h21-25,27,31-33H,9-20,26,28H2,1-8H3. The predicted molar refractivity (Wildman–Crippen MR) is 265 cm³/mol. The molecule has 0 aliphatic carbocycles. The zero-order valence-corrected chi connectivity index (χ0v) is 41.1. The molecule has 7 aromatic rings. The molecule has 0 saturated carbocycles. The number of esters is 1. The molecule has 0 N–H and O–H groups in total. The molecule has 59 heavy (non-hydrogen) atoms. The van der Waals surface area contributed by atoms with Gasteiger partial charge in [-0.2, -0.15) is 0 Å². The van der Waals surface area contributed by atoms with Crippen LogP contribution in [0.2, 0.25) is 0 Å². The summed E-state index contributed by atoms with van der Waals surface area (Å²) < 4.78 is 25.6. The van der Waals surface area contributed by atoms with Gasteiger partial charge in [0.15, 0.2) is 5.82 Å². The number of hydrogen-bond donors (Lipinski definition) is 0. The number of halogens is 1. The van der Waals surface area contributed by atoms with Crippen LogP contribution in [0.4, 0.5) is 4.39 Å². The Bertz CT molecular complexity index is 2500. The van der Waals surface area contributed by atoms with Gasteiger partial charge in [-0.15, -0.1) is 68.0 Å². The molecule has 3 atom stereocenters. The van der Waals surface area contributed by atoms with Gasteiger partial charge in [0.25, 0.3) is 0 Å². The molecule has 6 heterocycles. The van der Waals surface area contributed by atoms with Crippen molar-refractivity contribution in [3.63, 3.8) is 0 Å². The van der Waals surface area contributed by atoms with Crippen LogP contribution in [0.15, 0.2) is 36.4 Å². The Labute approximate surface area is 375 Å².